The Hall–Kier alpha value is -2.76. The molecule has 0 aliphatic rings. The fraction of sp³-hybridized carbons (Fsp3) is 0.333. The van der Waals surface area contributed by atoms with E-state index in [4.69, 9.17) is 4.74 Å². The number of benzene rings is 1. The first-order chi connectivity index (χ1) is 11.5. The summed E-state index contributed by atoms with van der Waals surface area (Å²) in [6.45, 7) is 8.28. The molecule has 24 heavy (non-hydrogen) atoms. The van der Waals surface area contributed by atoms with Gasteiger partial charge in [-0.2, -0.15) is 0 Å². The van der Waals surface area contributed by atoms with Gasteiger partial charge in [0.25, 0.3) is 0 Å². The summed E-state index contributed by atoms with van der Waals surface area (Å²) in [5.74, 6) is -0.599. The fourth-order valence-corrected chi connectivity index (χ4v) is 2.78. The van der Waals surface area contributed by atoms with Gasteiger partial charge in [0.1, 0.15) is 11.1 Å². The second-order valence-corrected chi connectivity index (χ2v) is 5.60. The molecule has 1 aromatic carbocycles. The van der Waals surface area contributed by atoms with Gasteiger partial charge in [0.2, 0.25) is 5.43 Å². The van der Waals surface area contributed by atoms with Crippen LogP contribution in [0.1, 0.15) is 35.6 Å². The first-order valence-corrected chi connectivity index (χ1v) is 7.96. The van der Waals surface area contributed by atoms with Gasteiger partial charge in [0, 0.05) is 18.1 Å². The Labute approximate surface area is 139 Å². The Morgan fingerprint density at radius 2 is 1.88 bits per heavy atom. The molecule has 124 valence electrons. The third kappa shape index (κ3) is 2.44. The molecular weight excluding hydrogens is 306 g/mol. The molecule has 0 fully saturated rings. The van der Waals surface area contributed by atoms with E-state index in [1.807, 2.05) is 25.3 Å². The summed E-state index contributed by atoms with van der Waals surface area (Å²) in [5, 5.41) is 0.451. The normalized spacial score (nSPS) is 11.2. The van der Waals surface area contributed by atoms with Crippen molar-refractivity contribution in [2.45, 2.75) is 34.2 Å². The number of nitrogens with zero attached hydrogens (tertiary/aromatic N) is 3. The summed E-state index contributed by atoms with van der Waals surface area (Å²) >= 11 is 0. The number of carbonyl (C=O) groups is 1. The van der Waals surface area contributed by atoms with Gasteiger partial charge in [-0.15, -0.1) is 0 Å². The van der Waals surface area contributed by atoms with Gasteiger partial charge in [-0.25, -0.2) is 14.8 Å². The number of fused-ring (bicyclic) bond motifs is 3. The van der Waals surface area contributed by atoms with Gasteiger partial charge in [-0.3, -0.25) is 4.79 Å². The molecule has 0 amide bonds. The lowest BCUT2D eigenvalue weighted by molar-refractivity contribution is 0.0524. The lowest BCUT2D eigenvalue weighted by Crippen LogP contribution is -2.21. The van der Waals surface area contributed by atoms with Gasteiger partial charge in [-0.1, -0.05) is 0 Å². The molecule has 0 saturated heterocycles. The molecular formula is C18H19N3O3. The van der Waals surface area contributed by atoms with Gasteiger partial charge in [0.05, 0.1) is 29.0 Å². The highest BCUT2D eigenvalue weighted by atomic mass is 16.5. The maximum Gasteiger partial charge on any atom is 0.343 e. The van der Waals surface area contributed by atoms with Crippen molar-refractivity contribution in [2.24, 2.45) is 0 Å². The molecule has 0 bridgehead atoms. The summed E-state index contributed by atoms with van der Waals surface area (Å²) in [5.41, 5.74) is 3.48. The molecule has 0 aliphatic heterocycles. The number of pyridine rings is 1. The minimum Gasteiger partial charge on any atom is -0.462 e. The zero-order chi connectivity index (χ0) is 17.4. The molecule has 2 heterocycles. The lowest BCUT2D eigenvalue weighted by atomic mass is 10.1. The van der Waals surface area contributed by atoms with Crippen molar-refractivity contribution < 1.29 is 9.53 Å². The molecule has 0 unspecified atom stereocenters. The number of carbonyl (C=O) groups excluding carboxylic acids is 1. The van der Waals surface area contributed by atoms with Crippen LogP contribution in [0.2, 0.25) is 0 Å². The number of hydrogen-bond donors (Lipinski definition) is 0. The molecule has 2 aromatic heterocycles. The van der Waals surface area contributed by atoms with Crippen molar-refractivity contribution in [1.29, 1.82) is 0 Å². The summed E-state index contributed by atoms with van der Waals surface area (Å²) in [7, 11) is 0. The predicted molar refractivity (Wildman–Crippen MR) is 92.4 cm³/mol. The largest absolute Gasteiger partial charge is 0.462 e. The monoisotopic (exact) mass is 325 g/mol. The number of ether oxygens (including phenoxy) is 1. The van der Waals surface area contributed by atoms with E-state index in [0.717, 1.165) is 16.9 Å². The van der Waals surface area contributed by atoms with E-state index in [9.17, 15) is 9.59 Å². The molecule has 0 spiro atoms. The average molecular weight is 325 g/mol. The second-order valence-electron chi connectivity index (χ2n) is 5.60. The smallest absolute Gasteiger partial charge is 0.343 e. The van der Waals surface area contributed by atoms with E-state index in [0.29, 0.717) is 23.0 Å². The number of hydrogen-bond acceptors (Lipinski definition) is 5. The zero-order valence-electron chi connectivity index (χ0n) is 14.2. The summed E-state index contributed by atoms with van der Waals surface area (Å²) in [4.78, 5) is 34.0. The van der Waals surface area contributed by atoms with Crippen molar-refractivity contribution in [3.05, 3.63) is 45.5 Å². The number of aromatic nitrogens is 3. The van der Waals surface area contributed by atoms with E-state index in [1.54, 1.807) is 25.3 Å². The van der Waals surface area contributed by atoms with Gasteiger partial charge in [0.15, 0.2) is 0 Å². The zero-order valence-corrected chi connectivity index (χ0v) is 14.2. The Bertz CT molecular complexity index is 1020. The highest BCUT2D eigenvalue weighted by molar-refractivity contribution is 6.04. The quantitative estimate of drug-likeness (QED) is 0.547. The highest BCUT2D eigenvalue weighted by Gasteiger charge is 2.18. The first kappa shape index (κ1) is 16.1. The Balaban J connectivity index is 2.45. The van der Waals surface area contributed by atoms with Crippen molar-refractivity contribution in [3.8, 4) is 0 Å². The van der Waals surface area contributed by atoms with Crippen LogP contribution in [0, 0.1) is 13.8 Å². The summed E-state index contributed by atoms with van der Waals surface area (Å²) in [6, 6.07) is 3.48. The maximum atomic E-state index is 12.7. The molecule has 0 radical (unpaired) electrons. The molecule has 0 aliphatic carbocycles. The minimum absolute atomic E-state index is 0.0438. The van der Waals surface area contributed by atoms with Crippen LogP contribution >= 0.6 is 0 Å². The van der Waals surface area contributed by atoms with Crippen LogP contribution in [0.5, 0.6) is 0 Å². The number of aryl methyl sites for hydroxylation is 3. The van der Waals surface area contributed by atoms with Crippen LogP contribution < -0.4 is 5.43 Å². The lowest BCUT2D eigenvalue weighted by Gasteiger charge is -2.13. The van der Waals surface area contributed by atoms with Gasteiger partial charge >= 0.3 is 5.97 Å². The van der Waals surface area contributed by atoms with E-state index >= 15 is 0 Å². The Kier molecular flexibility index (Phi) is 4.05. The highest BCUT2D eigenvalue weighted by Crippen LogP contribution is 2.23. The van der Waals surface area contributed by atoms with E-state index < -0.39 is 5.97 Å². The molecule has 3 aromatic rings. The fourth-order valence-electron chi connectivity index (χ4n) is 2.78. The first-order valence-electron chi connectivity index (χ1n) is 7.96. The molecule has 3 rings (SSSR count). The van der Waals surface area contributed by atoms with Crippen molar-refractivity contribution in [1.82, 2.24) is 14.5 Å². The topological polar surface area (TPSA) is 74.1 Å². The third-order valence-corrected chi connectivity index (χ3v) is 4.12. The third-order valence-electron chi connectivity index (χ3n) is 4.12. The maximum absolute atomic E-state index is 12.7. The minimum atomic E-state index is -0.599. The van der Waals surface area contributed by atoms with Crippen molar-refractivity contribution in [2.75, 3.05) is 6.61 Å². The Morgan fingerprint density at radius 1 is 1.17 bits per heavy atom. The van der Waals surface area contributed by atoms with E-state index in [-0.39, 0.29) is 17.6 Å². The molecule has 0 saturated carbocycles. The standard InChI is InChI=1S/C18H19N3O3/c1-5-21-9-13(18(23)24-6-2)17(22)12-7-8-14-15(16(12)21)20-11(4)10(3)19-14/h7-9H,5-6H2,1-4H3. The van der Waals surface area contributed by atoms with Gasteiger partial charge < -0.3 is 9.30 Å². The molecule has 0 N–H and O–H groups in total. The average Bonchev–Trinajstić information content (AvgIpc) is 2.56. The van der Waals surface area contributed by atoms with Crippen LogP contribution in [-0.2, 0) is 11.3 Å². The molecule has 0 atom stereocenters. The van der Waals surface area contributed by atoms with Crippen LogP contribution in [0.25, 0.3) is 21.9 Å². The number of esters is 1. The van der Waals surface area contributed by atoms with Crippen LogP contribution in [0.4, 0.5) is 0 Å². The van der Waals surface area contributed by atoms with Crippen LogP contribution in [0.15, 0.2) is 23.1 Å². The van der Waals surface area contributed by atoms with Gasteiger partial charge in [-0.05, 0) is 39.8 Å². The van der Waals surface area contributed by atoms with Crippen molar-refractivity contribution >= 4 is 27.9 Å². The Morgan fingerprint density at radius 3 is 2.54 bits per heavy atom. The summed E-state index contributed by atoms with van der Waals surface area (Å²) < 4.78 is 6.86. The molecule has 6 nitrogen and oxygen atoms in total. The second kappa shape index (κ2) is 6.03. The summed E-state index contributed by atoms with van der Waals surface area (Å²) in [6.07, 6.45) is 1.55. The van der Waals surface area contributed by atoms with Crippen molar-refractivity contribution in [3.63, 3.8) is 0 Å². The van der Waals surface area contributed by atoms with Crippen LogP contribution in [-0.4, -0.2) is 27.1 Å². The number of rotatable bonds is 3. The predicted octanol–water partition coefficient (Wildman–Crippen LogP) is 2.76. The van der Waals surface area contributed by atoms with E-state index in [2.05, 4.69) is 9.97 Å². The van der Waals surface area contributed by atoms with E-state index in [1.165, 1.54) is 0 Å². The van der Waals surface area contributed by atoms with Crippen LogP contribution in [0.3, 0.4) is 0 Å². The SMILES string of the molecule is CCOC(=O)c1cn(CC)c2c(ccc3nc(C)c(C)nc32)c1=O. The molecule has 6 heteroatoms.